The Morgan fingerprint density at radius 1 is 1.16 bits per heavy atom. The van der Waals surface area contributed by atoms with Gasteiger partial charge in [0.25, 0.3) is 0 Å². The monoisotopic (exact) mass is 366 g/mol. The molecule has 0 radical (unpaired) electrons. The van der Waals surface area contributed by atoms with Crippen LogP contribution in [0.4, 0.5) is 13.2 Å². The van der Waals surface area contributed by atoms with Gasteiger partial charge in [-0.05, 0) is 30.2 Å². The van der Waals surface area contributed by atoms with Gasteiger partial charge >= 0.3 is 12.1 Å². The van der Waals surface area contributed by atoms with Crippen LogP contribution < -0.4 is 0 Å². The van der Waals surface area contributed by atoms with Crippen molar-refractivity contribution in [3.8, 4) is 10.6 Å². The number of hydrogen-bond acceptors (Lipinski definition) is 3. The highest BCUT2D eigenvalue weighted by atomic mass is 32.1. The molecule has 0 aliphatic heterocycles. The van der Waals surface area contributed by atoms with Gasteiger partial charge in [-0.3, -0.25) is 4.68 Å². The lowest BCUT2D eigenvalue weighted by Crippen LogP contribution is -2.15. The lowest BCUT2D eigenvalue weighted by molar-refractivity contribution is -0.144. The van der Waals surface area contributed by atoms with Crippen LogP contribution in [0.3, 0.4) is 0 Å². The Labute approximate surface area is 145 Å². The van der Waals surface area contributed by atoms with Crippen molar-refractivity contribution in [2.24, 2.45) is 0 Å². The van der Waals surface area contributed by atoms with Gasteiger partial charge in [-0.2, -0.15) is 18.3 Å². The van der Waals surface area contributed by atoms with Crippen LogP contribution in [0.2, 0.25) is 0 Å². The Kier molecular flexibility index (Phi) is 4.63. The molecular formula is C17H13F3N2O2S. The first-order valence-electron chi connectivity index (χ1n) is 7.37. The molecule has 1 aromatic carbocycles. The Hall–Kier alpha value is -2.61. The fourth-order valence-corrected chi connectivity index (χ4v) is 3.21. The summed E-state index contributed by atoms with van der Waals surface area (Å²) in [6, 6.07) is 13.0. The zero-order valence-electron chi connectivity index (χ0n) is 12.8. The van der Waals surface area contributed by atoms with E-state index in [0.29, 0.717) is 11.3 Å². The molecule has 0 bridgehead atoms. The molecule has 3 aromatic rings. The number of halogens is 3. The SMILES string of the molecule is O=C(O)c1ccc(-c2cc(C(F)(F)F)n(CCc3ccccc3)n2)s1. The molecule has 0 amide bonds. The molecule has 0 atom stereocenters. The number of aryl methyl sites for hydroxylation is 2. The fraction of sp³-hybridized carbons (Fsp3) is 0.176. The molecule has 8 heteroatoms. The van der Waals surface area contributed by atoms with Gasteiger partial charge in [-0.1, -0.05) is 30.3 Å². The topological polar surface area (TPSA) is 55.1 Å². The van der Waals surface area contributed by atoms with E-state index in [2.05, 4.69) is 5.10 Å². The normalized spacial score (nSPS) is 11.6. The van der Waals surface area contributed by atoms with Gasteiger partial charge in [-0.15, -0.1) is 11.3 Å². The fourth-order valence-electron chi connectivity index (χ4n) is 2.41. The smallest absolute Gasteiger partial charge is 0.433 e. The highest BCUT2D eigenvalue weighted by Gasteiger charge is 2.36. The van der Waals surface area contributed by atoms with Crippen LogP contribution in [0.15, 0.2) is 48.5 Å². The highest BCUT2D eigenvalue weighted by molar-refractivity contribution is 7.17. The van der Waals surface area contributed by atoms with Crippen LogP contribution >= 0.6 is 11.3 Å². The lowest BCUT2D eigenvalue weighted by atomic mass is 10.1. The van der Waals surface area contributed by atoms with Gasteiger partial charge < -0.3 is 5.11 Å². The van der Waals surface area contributed by atoms with Gasteiger partial charge in [0.15, 0.2) is 0 Å². The molecule has 25 heavy (non-hydrogen) atoms. The van der Waals surface area contributed by atoms with E-state index in [1.165, 1.54) is 12.1 Å². The second kappa shape index (κ2) is 6.72. The molecule has 4 nitrogen and oxygen atoms in total. The number of carboxylic acid groups (broad SMARTS) is 1. The van der Waals surface area contributed by atoms with Crippen molar-refractivity contribution < 1.29 is 23.1 Å². The van der Waals surface area contributed by atoms with E-state index < -0.39 is 17.8 Å². The third-order valence-corrected chi connectivity index (χ3v) is 4.69. The van der Waals surface area contributed by atoms with Crippen molar-refractivity contribution >= 4 is 17.3 Å². The number of thiophene rings is 1. The summed E-state index contributed by atoms with van der Waals surface area (Å²) in [5.41, 5.74) is 0.193. The molecule has 2 heterocycles. The van der Waals surface area contributed by atoms with Crippen molar-refractivity contribution in [2.75, 3.05) is 0 Å². The molecule has 0 aliphatic rings. The van der Waals surface area contributed by atoms with Crippen LogP contribution in [0.5, 0.6) is 0 Å². The summed E-state index contributed by atoms with van der Waals surface area (Å²) in [6.45, 7) is 0.0794. The molecule has 0 fully saturated rings. The second-order valence-electron chi connectivity index (χ2n) is 5.34. The first-order valence-corrected chi connectivity index (χ1v) is 8.19. The molecule has 0 saturated heterocycles. The summed E-state index contributed by atoms with van der Waals surface area (Å²) in [7, 11) is 0. The molecule has 0 spiro atoms. The lowest BCUT2D eigenvalue weighted by Gasteiger charge is -2.10. The average Bonchev–Trinajstić information content (AvgIpc) is 3.20. The zero-order valence-corrected chi connectivity index (χ0v) is 13.6. The molecule has 0 unspecified atom stereocenters. The zero-order chi connectivity index (χ0) is 18.0. The standard InChI is InChI=1S/C17H13F3N2O2S/c18-17(19,20)15-10-12(13-6-7-14(25-13)16(23)24)21-22(15)9-8-11-4-2-1-3-5-11/h1-7,10H,8-9H2,(H,23,24). The van der Waals surface area contributed by atoms with E-state index in [1.807, 2.05) is 30.3 Å². The Morgan fingerprint density at radius 2 is 1.88 bits per heavy atom. The number of alkyl halides is 3. The van der Waals surface area contributed by atoms with Crippen LogP contribution in [0, 0.1) is 0 Å². The first-order chi connectivity index (χ1) is 11.8. The van der Waals surface area contributed by atoms with Crippen LogP contribution in [-0.4, -0.2) is 20.9 Å². The number of benzene rings is 1. The Balaban J connectivity index is 1.90. The molecule has 2 aromatic heterocycles. The predicted molar refractivity (Wildman–Crippen MR) is 87.6 cm³/mol. The first kappa shape index (κ1) is 17.2. The van der Waals surface area contributed by atoms with Gasteiger partial charge in [0.05, 0.1) is 4.88 Å². The van der Waals surface area contributed by atoms with Crippen LogP contribution in [-0.2, 0) is 19.1 Å². The van der Waals surface area contributed by atoms with E-state index in [9.17, 15) is 18.0 Å². The maximum absolute atomic E-state index is 13.3. The maximum atomic E-state index is 13.3. The van der Waals surface area contributed by atoms with E-state index in [1.54, 1.807) is 0 Å². The molecule has 1 N–H and O–H groups in total. The van der Waals surface area contributed by atoms with E-state index in [4.69, 9.17) is 5.11 Å². The molecular weight excluding hydrogens is 353 g/mol. The second-order valence-corrected chi connectivity index (χ2v) is 6.42. The minimum absolute atomic E-state index is 0.0578. The van der Waals surface area contributed by atoms with Gasteiger partial charge in [0, 0.05) is 6.54 Å². The summed E-state index contributed by atoms with van der Waals surface area (Å²) in [5.74, 6) is -1.11. The van der Waals surface area contributed by atoms with E-state index in [0.717, 1.165) is 27.6 Å². The minimum Gasteiger partial charge on any atom is -0.477 e. The van der Waals surface area contributed by atoms with Crippen LogP contribution in [0.25, 0.3) is 10.6 Å². The Morgan fingerprint density at radius 3 is 2.48 bits per heavy atom. The number of carbonyl (C=O) groups is 1. The maximum Gasteiger partial charge on any atom is 0.433 e. The number of hydrogen-bond donors (Lipinski definition) is 1. The summed E-state index contributed by atoms with van der Waals surface area (Å²) in [4.78, 5) is 11.4. The minimum atomic E-state index is -4.53. The average molecular weight is 366 g/mol. The summed E-state index contributed by atoms with van der Waals surface area (Å²) >= 11 is 0.898. The van der Waals surface area contributed by atoms with Gasteiger partial charge in [0.1, 0.15) is 16.3 Å². The van der Waals surface area contributed by atoms with Crippen LogP contribution in [0.1, 0.15) is 20.9 Å². The number of rotatable bonds is 5. The number of carboxylic acids is 1. The van der Waals surface area contributed by atoms with E-state index >= 15 is 0 Å². The van der Waals surface area contributed by atoms with Gasteiger partial charge in [-0.25, -0.2) is 4.79 Å². The molecule has 130 valence electrons. The molecule has 0 saturated carbocycles. The van der Waals surface area contributed by atoms with Crippen molar-refractivity contribution in [1.82, 2.24) is 9.78 Å². The van der Waals surface area contributed by atoms with Crippen molar-refractivity contribution in [3.05, 3.63) is 64.7 Å². The predicted octanol–water partition coefficient (Wildman–Crippen LogP) is 4.57. The third kappa shape index (κ3) is 3.90. The van der Waals surface area contributed by atoms with E-state index in [-0.39, 0.29) is 17.1 Å². The quantitative estimate of drug-likeness (QED) is 0.720. The number of aromatic nitrogens is 2. The third-order valence-electron chi connectivity index (χ3n) is 3.59. The summed E-state index contributed by atoms with van der Waals surface area (Å²) in [5, 5.41) is 13.0. The molecule has 0 aliphatic carbocycles. The molecule has 3 rings (SSSR count). The number of nitrogens with zero attached hydrogens (tertiary/aromatic N) is 2. The highest BCUT2D eigenvalue weighted by Crippen LogP contribution is 2.34. The van der Waals surface area contributed by atoms with Gasteiger partial charge in [0.2, 0.25) is 0 Å². The number of aromatic carboxylic acids is 1. The Bertz CT molecular complexity index is 885. The van der Waals surface area contributed by atoms with Crippen molar-refractivity contribution in [3.63, 3.8) is 0 Å². The summed E-state index contributed by atoms with van der Waals surface area (Å²) in [6.07, 6.45) is -4.12. The summed E-state index contributed by atoms with van der Waals surface area (Å²) < 4.78 is 40.8. The van der Waals surface area contributed by atoms with Crippen molar-refractivity contribution in [2.45, 2.75) is 19.1 Å². The largest absolute Gasteiger partial charge is 0.477 e. The van der Waals surface area contributed by atoms with Crippen molar-refractivity contribution in [1.29, 1.82) is 0 Å².